The zero-order chi connectivity index (χ0) is 13.5. The Morgan fingerprint density at radius 3 is 2.85 bits per heavy atom. The lowest BCUT2D eigenvalue weighted by Gasteiger charge is -2.00. The van der Waals surface area contributed by atoms with Crippen molar-refractivity contribution in [2.24, 2.45) is 0 Å². The van der Waals surface area contributed by atoms with Crippen LogP contribution >= 0.6 is 0 Å². The van der Waals surface area contributed by atoms with Crippen molar-refractivity contribution in [3.8, 4) is 11.5 Å². The first-order chi connectivity index (χ1) is 9.81. The summed E-state index contributed by atoms with van der Waals surface area (Å²) in [6, 6.07) is 13.3. The van der Waals surface area contributed by atoms with Gasteiger partial charge in [0.1, 0.15) is 0 Å². The van der Waals surface area contributed by atoms with Gasteiger partial charge in [0.2, 0.25) is 6.79 Å². The van der Waals surface area contributed by atoms with Gasteiger partial charge < -0.3 is 14.8 Å². The molecule has 0 spiro atoms. The van der Waals surface area contributed by atoms with Gasteiger partial charge in [0, 0.05) is 16.8 Å². The highest BCUT2D eigenvalue weighted by Crippen LogP contribution is 2.36. The number of carbonyl (C=O) groups is 1. The number of amides is 1. The Morgan fingerprint density at radius 2 is 1.90 bits per heavy atom. The Hall–Kier alpha value is -2.75. The quantitative estimate of drug-likeness (QED) is 0.806. The number of carbonyl (C=O) groups excluding carboxylic acids is 1. The van der Waals surface area contributed by atoms with Crippen LogP contribution in [0.4, 0.5) is 5.69 Å². The molecule has 1 amide bonds. The van der Waals surface area contributed by atoms with E-state index in [0.29, 0.717) is 11.3 Å². The van der Waals surface area contributed by atoms with E-state index in [0.717, 1.165) is 22.6 Å². The predicted molar refractivity (Wildman–Crippen MR) is 75.5 cm³/mol. The molecule has 2 aliphatic heterocycles. The molecule has 0 atom stereocenters. The fourth-order valence-corrected chi connectivity index (χ4v) is 2.45. The molecule has 0 aliphatic carbocycles. The highest BCUT2D eigenvalue weighted by Gasteiger charge is 2.23. The summed E-state index contributed by atoms with van der Waals surface area (Å²) in [5.74, 6) is 1.37. The molecule has 2 aromatic carbocycles. The molecule has 98 valence electrons. The van der Waals surface area contributed by atoms with Crippen LogP contribution in [0, 0.1) is 0 Å². The average Bonchev–Trinajstić information content (AvgIpc) is 3.04. The van der Waals surface area contributed by atoms with Gasteiger partial charge in [0.25, 0.3) is 5.91 Å². The lowest BCUT2D eigenvalue weighted by Crippen LogP contribution is -2.03. The largest absolute Gasteiger partial charge is 0.454 e. The van der Waals surface area contributed by atoms with Gasteiger partial charge in [0.05, 0.1) is 0 Å². The molecule has 2 heterocycles. The van der Waals surface area contributed by atoms with Crippen molar-refractivity contribution in [3.05, 3.63) is 53.6 Å². The smallest absolute Gasteiger partial charge is 0.256 e. The SMILES string of the molecule is O=C1Nc2ccccc2/C1=C\c1ccc2c(c1)OCO2. The van der Waals surface area contributed by atoms with Gasteiger partial charge in [-0.2, -0.15) is 0 Å². The van der Waals surface area contributed by atoms with E-state index in [1.807, 2.05) is 48.5 Å². The first-order valence-electron chi connectivity index (χ1n) is 6.33. The van der Waals surface area contributed by atoms with Crippen molar-refractivity contribution in [1.29, 1.82) is 0 Å². The second-order valence-electron chi connectivity index (χ2n) is 4.67. The van der Waals surface area contributed by atoms with Crippen molar-refractivity contribution >= 4 is 23.2 Å². The number of hydrogen-bond donors (Lipinski definition) is 1. The highest BCUT2D eigenvalue weighted by atomic mass is 16.7. The normalized spacial score (nSPS) is 17.2. The number of ether oxygens (including phenoxy) is 2. The fourth-order valence-electron chi connectivity index (χ4n) is 2.45. The zero-order valence-corrected chi connectivity index (χ0v) is 10.6. The molecule has 2 aromatic rings. The Kier molecular flexibility index (Phi) is 2.29. The van der Waals surface area contributed by atoms with Crippen LogP contribution in [0.15, 0.2) is 42.5 Å². The van der Waals surface area contributed by atoms with E-state index < -0.39 is 0 Å². The van der Waals surface area contributed by atoms with Crippen molar-refractivity contribution in [2.75, 3.05) is 12.1 Å². The Labute approximate surface area is 115 Å². The molecule has 2 aliphatic rings. The van der Waals surface area contributed by atoms with Crippen molar-refractivity contribution in [2.45, 2.75) is 0 Å². The average molecular weight is 265 g/mol. The highest BCUT2D eigenvalue weighted by molar-refractivity contribution is 6.34. The van der Waals surface area contributed by atoms with Crippen LogP contribution < -0.4 is 14.8 Å². The number of rotatable bonds is 1. The van der Waals surface area contributed by atoms with E-state index in [4.69, 9.17) is 9.47 Å². The molecule has 0 saturated heterocycles. The monoisotopic (exact) mass is 265 g/mol. The molecule has 1 N–H and O–H groups in total. The number of nitrogens with one attached hydrogen (secondary N) is 1. The van der Waals surface area contributed by atoms with Gasteiger partial charge in [-0.05, 0) is 29.8 Å². The summed E-state index contributed by atoms with van der Waals surface area (Å²) < 4.78 is 10.6. The van der Waals surface area contributed by atoms with E-state index >= 15 is 0 Å². The van der Waals surface area contributed by atoms with Crippen LogP contribution in [0.1, 0.15) is 11.1 Å². The van der Waals surface area contributed by atoms with Gasteiger partial charge in [-0.3, -0.25) is 4.79 Å². The van der Waals surface area contributed by atoms with Gasteiger partial charge in [-0.25, -0.2) is 0 Å². The second-order valence-corrected chi connectivity index (χ2v) is 4.67. The summed E-state index contributed by atoms with van der Waals surface area (Å²) >= 11 is 0. The van der Waals surface area contributed by atoms with Crippen LogP contribution in [0.5, 0.6) is 11.5 Å². The number of para-hydroxylation sites is 1. The molecule has 0 radical (unpaired) electrons. The molecule has 0 fully saturated rings. The summed E-state index contributed by atoms with van der Waals surface area (Å²) in [7, 11) is 0. The Balaban J connectivity index is 1.79. The second kappa shape index (κ2) is 4.13. The van der Waals surface area contributed by atoms with Gasteiger partial charge >= 0.3 is 0 Å². The van der Waals surface area contributed by atoms with Gasteiger partial charge in [-0.1, -0.05) is 24.3 Å². The maximum Gasteiger partial charge on any atom is 0.256 e. The third-order valence-corrected chi connectivity index (χ3v) is 3.42. The first kappa shape index (κ1) is 11.1. The lowest BCUT2D eigenvalue weighted by molar-refractivity contribution is -0.110. The molecule has 4 rings (SSSR count). The van der Waals surface area contributed by atoms with Gasteiger partial charge in [-0.15, -0.1) is 0 Å². The van der Waals surface area contributed by atoms with Crippen LogP contribution in [0.3, 0.4) is 0 Å². The van der Waals surface area contributed by atoms with E-state index in [2.05, 4.69) is 5.32 Å². The summed E-state index contributed by atoms with van der Waals surface area (Å²) in [4.78, 5) is 12.0. The molecular formula is C16H11NO3. The molecule has 0 bridgehead atoms. The third-order valence-electron chi connectivity index (χ3n) is 3.42. The number of benzene rings is 2. The maximum absolute atomic E-state index is 12.0. The van der Waals surface area contributed by atoms with E-state index in [-0.39, 0.29) is 12.7 Å². The number of anilines is 1. The third kappa shape index (κ3) is 1.66. The van der Waals surface area contributed by atoms with Gasteiger partial charge in [0.15, 0.2) is 11.5 Å². The molecular weight excluding hydrogens is 254 g/mol. The van der Waals surface area contributed by atoms with Crippen LogP contribution in [-0.4, -0.2) is 12.7 Å². The standard InChI is InChI=1S/C16H11NO3/c18-16-12(11-3-1-2-4-13(11)17-16)7-10-5-6-14-15(8-10)20-9-19-14/h1-8H,9H2,(H,17,18)/b12-7+. The lowest BCUT2D eigenvalue weighted by atomic mass is 10.0. The zero-order valence-electron chi connectivity index (χ0n) is 10.6. The van der Waals surface area contributed by atoms with E-state index in [1.165, 1.54) is 0 Å². The molecule has 0 saturated carbocycles. The summed E-state index contributed by atoms with van der Waals surface area (Å²) in [5.41, 5.74) is 3.36. The minimum absolute atomic E-state index is 0.0798. The first-order valence-corrected chi connectivity index (χ1v) is 6.33. The summed E-state index contributed by atoms with van der Waals surface area (Å²) in [6.45, 7) is 0.249. The van der Waals surface area contributed by atoms with Crippen LogP contribution in [-0.2, 0) is 4.79 Å². The van der Waals surface area contributed by atoms with E-state index in [1.54, 1.807) is 0 Å². The van der Waals surface area contributed by atoms with Crippen LogP contribution in [0.25, 0.3) is 11.6 Å². The maximum atomic E-state index is 12.0. The summed E-state index contributed by atoms with van der Waals surface area (Å²) in [6.07, 6.45) is 1.86. The molecule has 4 nitrogen and oxygen atoms in total. The minimum atomic E-state index is -0.0798. The number of hydrogen-bond acceptors (Lipinski definition) is 3. The van der Waals surface area contributed by atoms with Crippen molar-refractivity contribution in [3.63, 3.8) is 0 Å². The molecule has 0 aromatic heterocycles. The Morgan fingerprint density at radius 1 is 1.05 bits per heavy atom. The minimum Gasteiger partial charge on any atom is -0.454 e. The summed E-state index contributed by atoms with van der Waals surface area (Å²) in [5, 5.41) is 2.86. The number of fused-ring (bicyclic) bond motifs is 2. The predicted octanol–water partition coefficient (Wildman–Crippen LogP) is 2.91. The Bertz CT molecular complexity index is 749. The van der Waals surface area contributed by atoms with E-state index in [9.17, 15) is 4.79 Å². The molecule has 4 heteroatoms. The topological polar surface area (TPSA) is 47.6 Å². The van der Waals surface area contributed by atoms with Crippen LogP contribution in [0.2, 0.25) is 0 Å². The fraction of sp³-hybridized carbons (Fsp3) is 0.0625. The van der Waals surface area contributed by atoms with Crippen molar-refractivity contribution in [1.82, 2.24) is 0 Å². The molecule has 0 unspecified atom stereocenters. The molecule has 20 heavy (non-hydrogen) atoms. The van der Waals surface area contributed by atoms with Crippen molar-refractivity contribution < 1.29 is 14.3 Å².